The summed E-state index contributed by atoms with van der Waals surface area (Å²) in [6, 6.07) is 10.1. The van der Waals surface area contributed by atoms with Crippen molar-refractivity contribution in [1.29, 1.82) is 0 Å². The van der Waals surface area contributed by atoms with Crippen LogP contribution in [0.15, 0.2) is 30.3 Å². The van der Waals surface area contributed by atoms with E-state index in [0.717, 1.165) is 16.9 Å². The Morgan fingerprint density at radius 3 is 2.64 bits per heavy atom. The van der Waals surface area contributed by atoms with E-state index in [9.17, 15) is 0 Å². The zero-order valence-electron chi connectivity index (χ0n) is 7.62. The topological polar surface area (TPSA) is 52.0 Å². The van der Waals surface area contributed by atoms with Crippen LogP contribution in [0.4, 0.5) is 5.69 Å². The van der Waals surface area contributed by atoms with Crippen LogP contribution in [-0.4, -0.2) is 0 Å². The number of nitrogens with two attached hydrogens (primary N) is 2. The summed E-state index contributed by atoms with van der Waals surface area (Å²) < 4.78 is 0. The molecule has 0 heterocycles. The summed E-state index contributed by atoms with van der Waals surface area (Å²) >= 11 is 0. The van der Waals surface area contributed by atoms with Crippen molar-refractivity contribution in [2.45, 2.75) is 0 Å². The Kier molecular flexibility index (Phi) is 1.22. The minimum Gasteiger partial charge on any atom is -0.398 e. The molecule has 1 aliphatic rings. The summed E-state index contributed by atoms with van der Waals surface area (Å²) in [6.07, 6.45) is 1.98. The fourth-order valence-corrected chi connectivity index (χ4v) is 2.09. The largest absolute Gasteiger partial charge is 0.398 e. The van der Waals surface area contributed by atoms with E-state index in [0.29, 0.717) is 0 Å². The average molecular weight is 182 g/mol. The van der Waals surface area contributed by atoms with E-state index in [1.54, 1.807) is 0 Å². The Morgan fingerprint density at radius 1 is 0.929 bits per heavy atom. The highest BCUT2D eigenvalue weighted by molar-refractivity contribution is 6.11. The van der Waals surface area contributed by atoms with Crippen molar-refractivity contribution < 1.29 is 0 Å². The molecular formula is C12H10N2. The number of hydrogen-bond donors (Lipinski definition) is 2. The number of rotatable bonds is 0. The van der Waals surface area contributed by atoms with Gasteiger partial charge in [-0.05, 0) is 23.1 Å². The van der Waals surface area contributed by atoms with Crippen LogP contribution in [0.3, 0.4) is 0 Å². The quantitative estimate of drug-likeness (QED) is 0.613. The Balaban J connectivity index is 2.60. The van der Waals surface area contributed by atoms with Crippen LogP contribution in [0.5, 0.6) is 0 Å². The summed E-state index contributed by atoms with van der Waals surface area (Å²) in [5.41, 5.74) is 15.5. The molecule has 2 heteroatoms. The minimum absolute atomic E-state index is 0.760. The highest BCUT2D eigenvalue weighted by Crippen LogP contribution is 2.37. The molecule has 14 heavy (non-hydrogen) atoms. The summed E-state index contributed by atoms with van der Waals surface area (Å²) in [5, 5.41) is 2.38. The fraction of sp³-hybridized carbons (Fsp3) is 0. The number of benzene rings is 2. The second-order valence-corrected chi connectivity index (χ2v) is 3.57. The van der Waals surface area contributed by atoms with Gasteiger partial charge in [0.1, 0.15) is 0 Å². The van der Waals surface area contributed by atoms with Crippen molar-refractivity contribution in [3.05, 3.63) is 41.5 Å². The molecule has 0 atom stereocenters. The molecule has 0 saturated carbocycles. The van der Waals surface area contributed by atoms with Gasteiger partial charge in [0.05, 0.1) is 0 Å². The van der Waals surface area contributed by atoms with E-state index < -0.39 is 0 Å². The summed E-state index contributed by atoms with van der Waals surface area (Å²) in [7, 11) is 0. The highest BCUT2D eigenvalue weighted by Gasteiger charge is 2.16. The molecule has 2 aromatic carbocycles. The van der Waals surface area contributed by atoms with Crippen molar-refractivity contribution in [2.24, 2.45) is 5.73 Å². The predicted octanol–water partition coefficient (Wildman–Crippen LogP) is 2.19. The molecule has 0 bridgehead atoms. The van der Waals surface area contributed by atoms with Crippen LogP contribution in [0, 0.1) is 0 Å². The van der Waals surface area contributed by atoms with Crippen LogP contribution in [0.2, 0.25) is 0 Å². The lowest BCUT2D eigenvalue weighted by molar-refractivity contribution is 1.60. The van der Waals surface area contributed by atoms with E-state index in [2.05, 4.69) is 12.1 Å². The van der Waals surface area contributed by atoms with Gasteiger partial charge in [0.25, 0.3) is 0 Å². The molecular weight excluding hydrogens is 172 g/mol. The molecule has 1 aliphatic carbocycles. The standard InChI is InChI=1S/C12H10N2/c13-9-5-4-7-2-1-3-8-6-10(14)12(9)11(7)8/h1-6H,13-14H2. The Bertz CT molecular complexity index is 568. The number of nitrogen functional groups attached to an aromatic ring is 1. The normalized spacial score (nSPS) is 13.3. The van der Waals surface area contributed by atoms with Crippen molar-refractivity contribution in [3.63, 3.8) is 0 Å². The Labute approximate surface area is 81.8 Å². The maximum atomic E-state index is 5.92. The third-order valence-corrected chi connectivity index (χ3v) is 2.71. The van der Waals surface area contributed by atoms with Crippen LogP contribution in [-0.2, 0) is 0 Å². The van der Waals surface area contributed by atoms with Crippen LogP contribution < -0.4 is 11.5 Å². The van der Waals surface area contributed by atoms with E-state index in [1.165, 1.54) is 16.3 Å². The van der Waals surface area contributed by atoms with Crippen LogP contribution >= 0.6 is 0 Å². The van der Waals surface area contributed by atoms with Gasteiger partial charge in [-0.15, -0.1) is 0 Å². The third kappa shape index (κ3) is 0.752. The van der Waals surface area contributed by atoms with Gasteiger partial charge in [-0.3, -0.25) is 0 Å². The smallest absolute Gasteiger partial charge is 0.0421 e. The summed E-state index contributed by atoms with van der Waals surface area (Å²) in [6.45, 7) is 0. The fourth-order valence-electron chi connectivity index (χ4n) is 2.09. The SMILES string of the molecule is NC1=Cc2cccc3ccc(N)c1c23. The van der Waals surface area contributed by atoms with Crippen molar-refractivity contribution >= 4 is 28.2 Å². The second kappa shape index (κ2) is 2.29. The Hall–Kier alpha value is -1.96. The molecule has 0 radical (unpaired) electrons. The maximum Gasteiger partial charge on any atom is 0.0421 e. The van der Waals surface area contributed by atoms with E-state index in [4.69, 9.17) is 11.5 Å². The van der Waals surface area contributed by atoms with Gasteiger partial charge < -0.3 is 11.5 Å². The highest BCUT2D eigenvalue weighted by atomic mass is 14.6. The lowest BCUT2D eigenvalue weighted by Gasteiger charge is -2.05. The van der Waals surface area contributed by atoms with Crippen LogP contribution in [0.1, 0.15) is 11.1 Å². The first-order valence-electron chi connectivity index (χ1n) is 4.56. The first-order valence-corrected chi connectivity index (χ1v) is 4.56. The maximum absolute atomic E-state index is 5.92. The lowest BCUT2D eigenvalue weighted by atomic mass is 10.0. The molecule has 0 aromatic heterocycles. The predicted molar refractivity (Wildman–Crippen MR) is 60.4 cm³/mol. The Morgan fingerprint density at radius 2 is 1.79 bits per heavy atom. The van der Waals surface area contributed by atoms with Gasteiger partial charge >= 0.3 is 0 Å². The molecule has 3 rings (SSSR count). The van der Waals surface area contributed by atoms with E-state index >= 15 is 0 Å². The molecule has 0 amide bonds. The van der Waals surface area contributed by atoms with Crippen molar-refractivity contribution in [2.75, 3.05) is 5.73 Å². The second-order valence-electron chi connectivity index (χ2n) is 3.57. The molecule has 0 fully saturated rings. The summed E-state index contributed by atoms with van der Waals surface area (Å²) in [4.78, 5) is 0. The molecule has 0 spiro atoms. The van der Waals surface area contributed by atoms with Gasteiger partial charge in [-0.1, -0.05) is 24.3 Å². The lowest BCUT2D eigenvalue weighted by Crippen LogP contribution is -1.98. The first kappa shape index (κ1) is 7.44. The van der Waals surface area contributed by atoms with Gasteiger partial charge in [0.2, 0.25) is 0 Å². The van der Waals surface area contributed by atoms with Crippen LogP contribution in [0.25, 0.3) is 22.5 Å². The molecule has 0 aliphatic heterocycles. The third-order valence-electron chi connectivity index (χ3n) is 2.71. The molecule has 0 unspecified atom stereocenters. The van der Waals surface area contributed by atoms with Gasteiger partial charge in [0.15, 0.2) is 0 Å². The van der Waals surface area contributed by atoms with Crippen molar-refractivity contribution in [3.8, 4) is 0 Å². The average Bonchev–Trinajstić information content (AvgIpc) is 2.51. The van der Waals surface area contributed by atoms with Crippen molar-refractivity contribution in [1.82, 2.24) is 0 Å². The molecule has 4 N–H and O–H groups in total. The van der Waals surface area contributed by atoms with Gasteiger partial charge in [0, 0.05) is 22.3 Å². The molecule has 2 aromatic rings. The van der Waals surface area contributed by atoms with Gasteiger partial charge in [-0.2, -0.15) is 0 Å². The molecule has 2 nitrogen and oxygen atoms in total. The van der Waals surface area contributed by atoms with E-state index in [1.807, 2.05) is 24.3 Å². The molecule has 0 saturated heterocycles. The van der Waals surface area contributed by atoms with E-state index in [-0.39, 0.29) is 0 Å². The zero-order valence-corrected chi connectivity index (χ0v) is 7.62. The molecule has 68 valence electrons. The first-order chi connectivity index (χ1) is 6.77. The number of hydrogen-bond acceptors (Lipinski definition) is 2. The zero-order chi connectivity index (χ0) is 9.71. The van der Waals surface area contributed by atoms with Gasteiger partial charge in [-0.25, -0.2) is 0 Å². The summed E-state index contributed by atoms with van der Waals surface area (Å²) in [5.74, 6) is 0. The monoisotopic (exact) mass is 182 g/mol. The minimum atomic E-state index is 0.760. The number of anilines is 1.